The summed E-state index contributed by atoms with van der Waals surface area (Å²) in [5, 5.41) is 10.3. The maximum absolute atomic E-state index is 15.5. The van der Waals surface area contributed by atoms with E-state index in [1.165, 1.54) is 6.07 Å². The van der Waals surface area contributed by atoms with E-state index in [1.54, 1.807) is 45.7 Å². The van der Waals surface area contributed by atoms with Gasteiger partial charge in [-0.1, -0.05) is 13.8 Å². The lowest BCUT2D eigenvalue weighted by molar-refractivity contribution is -0.160. The minimum atomic E-state index is -1.38. The number of carboxylic acids is 1. The third-order valence-corrected chi connectivity index (χ3v) is 7.28. The minimum Gasteiger partial charge on any atom is -0.490 e. The van der Waals surface area contributed by atoms with E-state index in [0.717, 1.165) is 24.0 Å². The Balaban J connectivity index is 2.01. The molecule has 40 heavy (non-hydrogen) atoms. The van der Waals surface area contributed by atoms with Crippen molar-refractivity contribution in [1.29, 1.82) is 0 Å². The van der Waals surface area contributed by atoms with Gasteiger partial charge in [-0.2, -0.15) is 0 Å². The number of aromatic amines is 1. The summed E-state index contributed by atoms with van der Waals surface area (Å²) in [4.78, 5) is 35.6. The summed E-state index contributed by atoms with van der Waals surface area (Å²) in [6, 6.07) is 3.07. The molecule has 2 N–H and O–H groups in total. The molecule has 2 aromatic heterocycles. The van der Waals surface area contributed by atoms with Crippen molar-refractivity contribution in [2.75, 3.05) is 20.2 Å². The lowest BCUT2D eigenvalue weighted by Crippen LogP contribution is -2.28. The quantitative estimate of drug-likeness (QED) is 0.336. The molecule has 0 saturated heterocycles. The number of fused-ring (bicyclic) bond motifs is 2. The molecule has 0 spiro atoms. The number of hydrogen-bond donors (Lipinski definition) is 2. The van der Waals surface area contributed by atoms with E-state index in [2.05, 4.69) is 18.8 Å². The van der Waals surface area contributed by atoms with Gasteiger partial charge in [-0.3, -0.25) is 9.78 Å². The van der Waals surface area contributed by atoms with Crippen LogP contribution in [-0.2, 0) is 16.0 Å². The normalized spacial score (nSPS) is 14.2. The molecular formula is C31H40FN3O5. The number of aryl methyl sites for hydroxylation is 1. The van der Waals surface area contributed by atoms with Crippen LogP contribution in [0.1, 0.15) is 86.4 Å². The number of halogens is 1. The van der Waals surface area contributed by atoms with Crippen molar-refractivity contribution in [3.8, 4) is 16.9 Å². The number of rotatable bonds is 8. The molecule has 0 radical (unpaired) electrons. The van der Waals surface area contributed by atoms with E-state index in [-0.39, 0.29) is 11.7 Å². The lowest BCUT2D eigenvalue weighted by atomic mass is 9.87. The number of nitrogens with one attached hydrogen (secondary N) is 1. The monoisotopic (exact) mass is 553 g/mol. The van der Waals surface area contributed by atoms with Crippen LogP contribution in [0.3, 0.4) is 0 Å². The summed E-state index contributed by atoms with van der Waals surface area (Å²) in [6.45, 7) is 14.2. The van der Waals surface area contributed by atoms with Crippen molar-refractivity contribution < 1.29 is 28.6 Å². The van der Waals surface area contributed by atoms with Crippen LogP contribution in [0.5, 0.6) is 5.75 Å². The summed E-state index contributed by atoms with van der Waals surface area (Å²) < 4.78 is 27.2. The molecule has 3 heterocycles. The number of pyridine rings is 1. The van der Waals surface area contributed by atoms with Gasteiger partial charge in [-0.15, -0.1) is 0 Å². The number of carbonyl (C=O) groups excluding carboxylic acids is 1. The number of H-pyrrole nitrogens is 1. The first-order chi connectivity index (χ1) is 18.7. The fourth-order valence-electron chi connectivity index (χ4n) is 5.26. The highest BCUT2D eigenvalue weighted by atomic mass is 19.1. The topological polar surface area (TPSA) is 105 Å². The van der Waals surface area contributed by atoms with Crippen molar-refractivity contribution in [1.82, 2.24) is 14.9 Å². The van der Waals surface area contributed by atoms with Gasteiger partial charge in [0.25, 0.3) is 5.91 Å². The third-order valence-electron chi connectivity index (χ3n) is 7.28. The van der Waals surface area contributed by atoms with Gasteiger partial charge in [-0.25, -0.2) is 9.18 Å². The van der Waals surface area contributed by atoms with Gasteiger partial charge >= 0.3 is 5.97 Å². The fourth-order valence-corrected chi connectivity index (χ4v) is 5.26. The number of aromatic nitrogens is 2. The number of carbonyl (C=O) groups is 2. The van der Waals surface area contributed by atoms with Gasteiger partial charge in [-0.05, 0) is 83.1 Å². The Kier molecular flexibility index (Phi) is 8.26. The Bertz CT molecular complexity index is 1450. The Morgan fingerprint density at radius 3 is 2.58 bits per heavy atom. The van der Waals surface area contributed by atoms with Gasteiger partial charge in [0, 0.05) is 36.0 Å². The predicted octanol–water partition coefficient (Wildman–Crippen LogP) is 6.37. The van der Waals surface area contributed by atoms with Crippen LogP contribution in [0.25, 0.3) is 22.2 Å². The molecule has 8 nitrogen and oxygen atoms in total. The molecule has 3 aromatic rings. The van der Waals surface area contributed by atoms with Crippen LogP contribution in [-0.4, -0.2) is 57.7 Å². The van der Waals surface area contributed by atoms with Gasteiger partial charge in [0.15, 0.2) is 17.7 Å². The molecule has 1 unspecified atom stereocenters. The molecular weight excluding hydrogens is 513 g/mol. The molecule has 4 rings (SSSR count). The van der Waals surface area contributed by atoms with Crippen LogP contribution >= 0.6 is 0 Å². The number of ether oxygens (including phenoxy) is 2. The van der Waals surface area contributed by atoms with Crippen LogP contribution in [0, 0.1) is 25.6 Å². The summed E-state index contributed by atoms with van der Waals surface area (Å²) in [6.07, 6.45) is 0.876. The van der Waals surface area contributed by atoms with Crippen molar-refractivity contribution >= 4 is 22.9 Å². The Labute approximate surface area is 234 Å². The molecule has 1 atom stereocenters. The first-order valence-corrected chi connectivity index (χ1v) is 13.8. The third kappa shape index (κ3) is 5.84. The zero-order valence-electron chi connectivity index (χ0n) is 24.7. The SMILES string of the molecule is Cc1nc2cc(C(=O)N(C)CCC(C)C)[nH]c2c(-c2cc(F)c3c(c2C)CCCO3)c1C(OC(C)(C)C)C(=O)O. The van der Waals surface area contributed by atoms with Crippen LogP contribution in [0.2, 0.25) is 0 Å². The molecule has 0 bridgehead atoms. The van der Waals surface area contributed by atoms with E-state index < -0.39 is 23.5 Å². The molecule has 1 aliphatic heterocycles. The summed E-state index contributed by atoms with van der Waals surface area (Å²) in [7, 11) is 1.75. The van der Waals surface area contributed by atoms with Crippen molar-refractivity contribution in [2.45, 2.75) is 79.4 Å². The van der Waals surface area contributed by atoms with Gasteiger partial charge < -0.3 is 24.5 Å². The molecule has 9 heteroatoms. The zero-order valence-corrected chi connectivity index (χ0v) is 24.7. The van der Waals surface area contributed by atoms with Gasteiger partial charge in [0.05, 0.1) is 23.2 Å². The number of amides is 1. The summed E-state index contributed by atoms with van der Waals surface area (Å²) in [5.41, 5.74) is 3.78. The summed E-state index contributed by atoms with van der Waals surface area (Å²) >= 11 is 0. The number of carboxylic acid groups (broad SMARTS) is 1. The molecule has 0 aliphatic carbocycles. The first-order valence-electron chi connectivity index (χ1n) is 13.8. The molecule has 0 saturated carbocycles. The fraction of sp³-hybridized carbons (Fsp3) is 0.516. The largest absolute Gasteiger partial charge is 0.490 e. The van der Waals surface area contributed by atoms with E-state index in [0.29, 0.717) is 64.6 Å². The predicted molar refractivity (Wildman–Crippen MR) is 152 cm³/mol. The summed E-state index contributed by atoms with van der Waals surface area (Å²) in [5.74, 6) is -1.21. The van der Waals surface area contributed by atoms with E-state index in [9.17, 15) is 14.7 Å². The number of hydrogen-bond acceptors (Lipinski definition) is 5. The smallest absolute Gasteiger partial charge is 0.337 e. The number of aliphatic carboxylic acids is 1. The minimum absolute atomic E-state index is 0.203. The number of nitrogens with zero attached hydrogens (tertiary/aromatic N) is 2. The maximum atomic E-state index is 15.5. The van der Waals surface area contributed by atoms with E-state index in [4.69, 9.17) is 14.5 Å². The van der Waals surface area contributed by atoms with Crippen molar-refractivity contribution in [2.24, 2.45) is 5.92 Å². The van der Waals surface area contributed by atoms with Crippen LogP contribution < -0.4 is 4.74 Å². The molecule has 1 amide bonds. The van der Waals surface area contributed by atoms with Gasteiger partial charge in [0.1, 0.15) is 5.69 Å². The van der Waals surface area contributed by atoms with Gasteiger partial charge in [0.2, 0.25) is 0 Å². The maximum Gasteiger partial charge on any atom is 0.337 e. The molecule has 0 fully saturated rings. The Hall–Kier alpha value is -3.46. The Morgan fingerprint density at radius 2 is 1.95 bits per heavy atom. The van der Waals surface area contributed by atoms with Crippen molar-refractivity contribution in [3.63, 3.8) is 0 Å². The van der Waals surface area contributed by atoms with E-state index >= 15 is 4.39 Å². The highest BCUT2D eigenvalue weighted by Gasteiger charge is 2.34. The molecule has 216 valence electrons. The lowest BCUT2D eigenvalue weighted by Gasteiger charge is -2.28. The Morgan fingerprint density at radius 1 is 1.25 bits per heavy atom. The second-order valence-corrected chi connectivity index (χ2v) is 12.1. The average Bonchev–Trinajstić information content (AvgIpc) is 3.30. The second kappa shape index (κ2) is 11.2. The molecule has 1 aliphatic rings. The number of benzene rings is 1. The molecule has 1 aromatic carbocycles. The van der Waals surface area contributed by atoms with Crippen molar-refractivity contribution in [3.05, 3.63) is 46.0 Å². The highest BCUT2D eigenvalue weighted by molar-refractivity contribution is 6.03. The zero-order chi connectivity index (χ0) is 29.5. The van der Waals surface area contributed by atoms with Crippen LogP contribution in [0.4, 0.5) is 4.39 Å². The second-order valence-electron chi connectivity index (χ2n) is 12.1. The highest BCUT2D eigenvalue weighted by Crippen LogP contribution is 2.44. The average molecular weight is 554 g/mol. The van der Waals surface area contributed by atoms with Crippen LogP contribution in [0.15, 0.2) is 12.1 Å². The van der Waals surface area contributed by atoms with E-state index in [1.807, 2.05) is 6.92 Å². The first kappa shape index (κ1) is 29.5. The standard InChI is InChI=1S/C31H40FN3O5/c1-16(2)11-12-35(8)29(36)23-15-22-26(34-23)25(20-14-21(32)27-19(17(20)3)10-9-13-39-27)24(18(4)33-22)28(30(37)38)40-31(5,6)7/h14-16,28,34H,9-13H2,1-8H3,(H,37,38).